The monoisotopic (exact) mass is 420 g/mol. The number of likely N-dealkylation sites (tertiary alicyclic amines) is 1. The lowest BCUT2D eigenvalue weighted by molar-refractivity contribution is -0.155. The molecule has 2 fully saturated rings. The Hall–Kier alpha value is -2.95. The molecular formula is C18H20N4O6S. The summed E-state index contributed by atoms with van der Waals surface area (Å²) in [5.74, 6) is -1.29. The predicted molar refractivity (Wildman–Crippen MR) is 101 cm³/mol. The Bertz CT molecular complexity index is 1010. The number of sulfonamides is 1. The largest absolute Gasteiger partial charge is 0.455 e. The van der Waals surface area contributed by atoms with E-state index in [0.717, 1.165) is 4.90 Å². The molecule has 3 heterocycles. The van der Waals surface area contributed by atoms with Gasteiger partial charge in [-0.25, -0.2) is 4.79 Å². The van der Waals surface area contributed by atoms with Gasteiger partial charge in [-0.05, 0) is 25.0 Å². The van der Waals surface area contributed by atoms with Crippen molar-refractivity contribution in [1.29, 1.82) is 0 Å². The highest BCUT2D eigenvalue weighted by Gasteiger charge is 2.36. The molecule has 1 atom stereocenters. The Morgan fingerprint density at radius 3 is 2.79 bits per heavy atom. The lowest BCUT2D eigenvalue weighted by atomic mass is 9.97. The van der Waals surface area contributed by atoms with Gasteiger partial charge >= 0.3 is 12.0 Å². The van der Waals surface area contributed by atoms with Crippen molar-refractivity contribution in [2.24, 2.45) is 10.3 Å². The van der Waals surface area contributed by atoms with E-state index >= 15 is 0 Å². The predicted octanol–water partition coefficient (Wildman–Crippen LogP) is -0.0575. The van der Waals surface area contributed by atoms with Gasteiger partial charge in [0.2, 0.25) is 0 Å². The van der Waals surface area contributed by atoms with Crippen molar-refractivity contribution in [3.8, 4) is 0 Å². The second-order valence-corrected chi connectivity index (χ2v) is 8.63. The van der Waals surface area contributed by atoms with Gasteiger partial charge < -0.3 is 15.0 Å². The number of fused-ring (bicyclic) bond motifs is 1. The molecule has 3 aliphatic heterocycles. The van der Waals surface area contributed by atoms with E-state index in [1.54, 1.807) is 23.1 Å². The fourth-order valence-electron chi connectivity index (χ4n) is 3.72. The lowest BCUT2D eigenvalue weighted by Gasteiger charge is -2.32. The maximum atomic E-state index is 12.5. The van der Waals surface area contributed by atoms with Crippen LogP contribution >= 0.6 is 0 Å². The second-order valence-electron chi connectivity index (χ2n) is 7.06. The maximum absolute atomic E-state index is 12.5. The van der Waals surface area contributed by atoms with Crippen LogP contribution < -0.4 is 5.32 Å². The first kappa shape index (κ1) is 19.4. The minimum Gasteiger partial charge on any atom is -0.455 e. The molecule has 0 spiro atoms. The molecule has 1 aromatic carbocycles. The van der Waals surface area contributed by atoms with E-state index in [2.05, 4.69) is 9.71 Å². The number of ether oxygens (including phenoxy) is 1. The van der Waals surface area contributed by atoms with Crippen molar-refractivity contribution >= 4 is 33.8 Å². The molecule has 154 valence electrons. The van der Waals surface area contributed by atoms with E-state index in [9.17, 15) is 22.8 Å². The van der Waals surface area contributed by atoms with Crippen LogP contribution in [0, 0.1) is 5.92 Å². The van der Waals surface area contributed by atoms with Crippen molar-refractivity contribution in [2.45, 2.75) is 17.7 Å². The summed E-state index contributed by atoms with van der Waals surface area (Å²) >= 11 is 0. The molecule has 4 rings (SSSR count). The average molecular weight is 420 g/mol. The number of hydrogen-bond donors (Lipinski definition) is 1. The van der Waals surface area contributed by atoms with E-state index in [1.807, 2.05) is 0 Å². The molecule has 3 amide bonds. The molecule has 3 aliphatic rings. The van der Waals surface area contributed by atoms with Crippen LogP contribution in [0.2, 0.25) is 0 Å². The molecule has 29 heavy (non-hydrogen) atoms. The van der Waals surface area contributed by atoms with Crippen LogP contribution in [0.4, 0.5) is 4.79 Å². The normalized spacial score (nSPS) is 22.7. The highest BCUT2D eigenvalue weighted by atomic mass is 32.2. The van der Waals surface area contributed by atoms with E-state index in [1.165, 1.54) is 6.07 Å². The summed E-state index contributed by atoms with van der Waals surface area (Å²) in [4.78, 5) is 38.9. The quantitative estimate of drug-likeness (QED) is 0.679. The standard InChI is InChI=1S/C18H20N4O6S/c23-15(22-9-7-19-18(22)25)11-28-17(24)12-4-3-8-21(10-12)16-13-5-1-2-6-14(13)29(26,27)20-16/h1-2,5-6,12H,3-4,7-11H2,(H,19,25)/t12-/m0/s1. The minimum absolute atomic E-state index is 0.161. The molecule has 1 N–H and O–H groups in total. The number of carbonyl (C=O) groups excluding carboxylic acids is 3. The summed E-state index contributed by atoms with van der Waals surface area (Å²) in [5.41, 5.74) is 0.525. The number of urea groups is 1. The molecule has 11 heteroatoms. The van der Waals surface area contributed by atoms with Gasteiger partial charge in [0, 0.05) is 31.7 Å². The number of amidine groups is 1. The fourth-order valence-corrected chi connectivity index (χ4v) is 4.94. The first-order chi connectivity index (χ1) is 13.9. The first-order valence-electron chi connectivity index (χ1n) is 9.31. The maximum Gasteiger partial charge on any atom is 0.324 e. The van der Waals surface area contributed by atoms with Gasteiger partial charge in [0.25, 0.3) is 15.9 Å². The molecular weight excluding hydrogens is 400 g/mol. The van der Waals surface area contributed by atoms with Crippen LogP contribution in [0.15, 0.2) is 33.6 Å². The van der Waals surface area contributed by atoms with Crippen molar-refractivity contribution in [1.82, 2.24) is 15.1 Å². The number of amides is 3. The smallest absolute Gasteiger partial charge is 0.324 e. The summed E-state index contributed by atoms with van der Waals surface area (Å²) in [6, 6.07) is 6.10. The van der Waals surface area contributed by atoms with Crippen LogP contribution in [0.5, 0.6) is 0 Å². The Labute approximate surface area is 167 Å². The topological polar surface area (TPSA) is 125 Å². The fraction of sp³-hybridized carbons (Fsp3) is 0.444. The third-order valence-electron chi connectivity index (χ3n) is 5.16. The number of esters is 1. The van der Waals surface area contributed by atoms with Gasteiger partial charge in [-0.15, -0.1) is 4.40 Å². The SMILES string of the molecule is O=C(OCC(=O)N1CCNC1=O)[C@H]1CCCN(C2=NS(=O)(=O)c3ccccc32)C1. The average Bonchev–Trinajstić information content (AvgIpc) is 3.27. The van der Waals surface area contributed by atoms with Gasteiger partial charge in [-0.2, -0.15) is 8.42 Å². The number of piperidine rings is 1. The van der Waals surface area contributed by atoms with Crippen LogP contribution in [-0.2, 0) is 24.3 Å². The molecule has 10 nitrogen and oxygen atoms in total. The summed E-state index contributed by atoms with van der Waals surface area (Å²) in [6.45, 7) is 0.947. The summed E-state index contributed by atoms with van der Waals surface area (Å²) in [5, 5.41) is 2.51. The minimum atomic E-state index is -3.74. The first-order valence-corrected chi connectivity index (χ1v) is 10.7. The number of nitrogens with zero attached hydrogens (tertiary/aromatic N) is 3. The molecule has 0 bridgehead atoms. The molecule has 0 aliphatic carbocycles. The number of hydrogen-bond acceptors (Lipinski definition) is 7. The zero-order valence-electron chi connectivity index (χ0n) is 15.5. The van der Waals surface area contributed by atoms with Crippen LogP contribution in [0.1, 0.15) is 18.4 Å². The van der Waals surface area contributed by atoms with E-state index in [0.29, 0.717) is 37.3 Å². The van der Waals surface area contributed by atoms with Crippen LogP contribution in [0.3, 0.4) is 0 Å². The van der Waals surface area contributed by atoms with Crippen LogP contribution in [-0.4, -0.2) is 74.7 Å². The van der Waals surface area contributed by atoms with E-state index in [-0.39, 0.29) is 18.0 Å². The zero-order valence-corrected chi connectivity index (χ0v) is 16.4. The summed E-state index contributed by atoms with van der Waals surface area (Å²) < 4.78 is 33.6. The third-order valence-corrected chi connectivity index (χ3v) is 6.49. The number of rotatable bonds is 3. The highest BCUT2D eigenvalue weighted by Crippen LogP contribution is 2.30. The van der Waals surface area contributed by atoms with Gasteiger partial charge in [-0.1, -0.05) is 12.1 Å². The van der Waals surface area contributed by atoms with E-state index in [4.69, 9.17) is 4.74 Å². The summed E-state index contributed by atoms with van der Waals surface area (Å²) in [7, 11) is -3.74. The number of benzene rings is 1. The number of nitrogens with one attached hydrogen (secondary N) is 1. The van der Waals surface area contributed by atoms with Gasteiger partial charge in [0.05, 0.1) is 5.92 Å². The zero-order chi connectivity index (χ0) is 20.6. The van der Waals surface area contributed by atoms with Crippen LogP contribution in [0.25, 0.3) is 0 Å². The molecule has 2 saturated heterocycles. The van der Waals surface area contributed by atoms with Gasteiger partial charge in [-0.3, -0.25) is 14.5 Å². The Kier molecular flexibility index (Phi) is 4.99. The molecule has 0 saturated carbocycles. The molecule has 0 aromatic heterocycles. The molecule has 0 unspecified atom stereocenters. The number of imide groups is 1. The van der Waals surface area contributed by atoms with Gasteiger partial charge in [0.1, 0.15) is 4.90 Å². The molecule has 1 aromatic rings. The Morgan fingerprint density at radius 2 is 2.03 bits per heavy atom. The van der Waals surface area contributed by atoms with Crippen molar-refractivity contribution in [2.75, 3.05) is 32.8 Å². The van der Waals surface area contributed by atoms with Crippen molar-refractivity contribution in [3.63, 3.8) is 0 Å². The number of carbonyl (C=O) groups is 3. The van der Waals surface area contributed by atoms with Gasteiger partial charge in [0.15, 0.2) is 12.4 Å². The second kappa shape index (κ2) is 7.47. The summed E-state index contributed by atoms with van der Waals surface area (Å²) in [6.07, 6.45) is 1.22. The lowest BCUT2D eigenvalue weighted by Crippen LogP contribution is -2.43. The molecule has 0 radical (unpaired) electrons. The van der Waals surface area contributed by atoms with E-state index < -0.39 is 40.5 Å². The highest BCUT2D eigenvalue weighted by molar-refractivity contribution is 7.90. The third kappa shape index (κ3) is 3.69. The van der Waals surface area contributed by atoms with Crippen molar-refractivity contribution < 1.29 is 27.5 Å². The van der Waals surface area contributed by atoms with Crippen molar-refractivity contribution in [3.05, 3.63) is 29.8 Å². The Balaban J connectivity index is 1.41. The Morgan fingerprint density at radius 1 is 1.24 bits per heavy atom.